The lowest BCUT2D eigenvalue weighted by atomic mass is 10.1. The maximum atomic E-state index is 12.8. The maximum absolute atomic E-state index is 12.8. The van der Waals surface area contributed by atoms with Gasteiger partial charge in [0.15, 0.2) is 18.1 Å². The minimum absolute atomic E-state index is 0.0872. The summed E-state index contributed by atoms with van der Waals surface area (Å²) >= 11 is 1.56. The summed E-state index contributed by atoms with van der Waals surface area (Å²) in [4.78, 5) is 22.5. The number of fused-ring (bicyclic) bond motifs is 1. The lowest BCUT2D eigenvalue weighted by molar-refractivity contribution is 0.0432. The standard InChI is InChI=1S/C18H17N5O3S/c1-10(2)23-17-13(8-19-23)12(7-14(21-17)15-5-4-6-27-15)18(24)25-9-16-20-11(3)22-26-16/h4-8,10H,9H2,1-3H3. The fourth-order valence-corrected chi connectivity index (χ4v) is 3.41. The number of pyridine rings is 1. The van der Waals surface area contributed by atoms with Gasteiger partial charge in [-0.3, -0.25) is 0 Å². The van der Waals surface area contributed by atoms with Gasteiger partial charge in [0.25, 0.3) is 5.89 Å². The van der Waals surface area contributed by atoms with Crippen molar-refractivity contribution in [1.29, 1.82) is 0 Å². The first-order valence-electron chi connectivity index (χ1n) is 8.41. The van der Waals surface area contributed by atoms with Crippen molar-refractivity contribution in [2.45, 2.75) is 33.4 Å². The van der Waals surface area contributed by atoms with Gasteiger partial charge in [-0.1, -0.05) is 11.2 Å². The van der Waals surface area contributed by atoms with E-state index in [0.29, 0.717) is 28.1 Å². The van der Waals surface area contributed by atoms with E-state index in [9.17, 15) is 4.79 Å². The first-order valence-corrected chi connectivity index (χ1v) is 9.29. The van der Waals surface area contributed by atoms with E-state index >= 15 is 0 Å². The molecule has 0 aliphatic carbocycles. The summed E-state index contributed by atoms with van der Waals surface area (Å²) in [6.45, 7) is 5.65. The Hall–Kier alpha value is -3.07. The van der Waals surface area contributed by atoms with Crippen LogP contribution in [0, 0.1) is 6.92 Å². The molecule has 0 saturated heterocycles. The number of aryl methyl sites for hydroxylation is 1. The smallest absolute Gasteiger partial charge is 0.339 e. The molecule has 0 N–H and O–H groups in total. The van der Waals surface area contributed by atoms with Crippen molar-refractivity contribution in [2.75, 3.05) is 0 Å². The number of nitrogens with zero attached hydrogens (tertiary/aromatic N) is 5. The third-order valence-corrected chi connectivity index (χ3v) is 4.84. The normalized spacial score (nSPS) is 11.4. The van der Waals surface area contributed by atoms with Crippen LogP contribution in [0.15, 0.2) is 34.3 Å². The van der Waals surface area contributed by atoms with Crippen molar-refractivity contribution in [3.05, 3.63) is 47.1 Å². The van der Waals surface area contributed by atoms with Crippen molar-refractivity contribution in [3.63, 3.8) is 0 Å². The SMILES string of the molecule is Cc1noc(COC(=O)c2cc(-c3cccs3)nc3c2cnn3C(C)C)n1. The zero-order valence-corrected chi connectivity index (χ0v) is 15.9. The fraction of sp³-hybridized carbons (Fsp3) is 0.278. The molecule has 0 unspecified atom stereocenters. The van der Waals surface area contributed by atoms with Gasteiger partial charge >= 0.3 is 5.97 Å². The Kier molecular flexibility index (Phi) is 4.44. The van der Waals surface area contributed by atoms with Crippen LogP contribution >= 0.6 is 11.3 Å². The minimum atomic E-state index is -0.487. The maximum Gasteiger partial charge on any atom is 0.339 e. The van der Waals surface area contributed by atoms with Gasteiger partial charge in [-0.25, -0.2) is 14.5 Å². The summed E-state index contributed by atoms with van der Waals surface area (Å²) in [6, 6.07) is 5.76. The van der Waals surface area contributed by atoms with Crippen LogP contribution in [0.1, 0.15) is 42.0 Å². The van der Waals surface area contributed by atoms with E-state index in [-0.39, 0.29) is 18.5 Å². The number of hydrogen-bond donors (Lipinski definition) is 0. The first-order chi connectivity index (χ1) is 13.0. The van der Waals surface area contributed by atoms with E-state index in [1.807, 2.05) is 31.4 Å². The second kappa shape index (κ2) is 6.92. The highest BCUT2D eigenvalue weighted by molar-refractivity contribution is 7.13. The zero-order valence-electron chi connectivity index (χ0n) is 15.0. The van der Waals surface area contributed by atoms with E-state index in [1.54, 1.807) is 35.2 Å². The average molecular weight is 383 g/mol. The molecule has 0 atom stereocenters. The number of carbonyl (C=O) groups is 1. The Morgan fingerprint density at radius 3 is 2.89 bits per heavy atom. The monoisotopic (exact) mass is 383 g/mol. The highest BCUT2D eigenvalue weighted by atomic mass is 32.1. The number of ether oxygens (including phenoxy) is 1. The molecule has 0 saturated carbocycles. The van der Waals surface area contributed by atoms with Gasteiger partial charge in [-0.15, -0.1) is 11.3 Å². The molecule has 27 heavy (non-hydrogen) atoms. The molecule has 0 aliphatic rings. The Morgan fingerprint density at radius 2 is 2.22 bits per heavy atom. The molecule has 0 amide bonds. The first kappa shape index (κ1) is 17.3. The molecule has 4 heterocycles. The van der Waals surface area contributed by atoms with Crippen molar-refractivity contribution in [1.82, 2.24) is 24.9 Å². The quantitative estimate of drug-likeness (QED) is 0.484. The van der Waals surface area contributed by atoms with E-state index in [0.717, 1.165) is 4.88 Å². The van der Waals surface area contributed by atoms with E-state index in [4.69, 9.17) is 14.2 Å². The zero-order chi connectivity index (χ0) is 19.0. The van der Waals surface area contributed by atoms with Crippen LogP contribution in [0.3, 0.4) is 0 Å². The lowest BCUT2D eigenvalue weighted by Gasteiger charge is -2.09. The molecule has 4 aromatic heterocycles. The molecule has 8 nitrogen and oxygen atoms in total. The van der Waals surface area contributed by atoms with Crippen LogP contribution in [0.5, 0.6) is 0 Å². The van der Waals surface area contributed by atoms with Crippen LogP contribution in [-0.2, 0) is 11.3 Å². The van der Waals surface area contributed by atoms with Gasteiger partial charge < -0.3 is 9.26 Å². The summed E-state index contributed by atoms with van der Waals surface area (Å²) in [5.74, 6) is 0.257. The van der Waals surface area contributed by atoms with Crippen LogP contribution in [0.25, 0.3) is 21.6 Å². The van der Waals surface area contributed by atoms with E-state index in [1.165, 1.54) is 0 Å². The molecule has 0 radical (unpaired) electrons. The Bertz CT molecular complexity index is 1100. The van der Waals surface area contributed by atoms with Crippen molar-refractivity contribution in [2.24, 2.45) is 0 Å². The van der Waals surface area contributed by atoms with Gasteiger partial charge in [0.1, 0.15) is 0 Å². The molecule has 0 spiro atoms. The Balaban J connectivity index is 1.74. The fourth-order valence-electron chi connectivity index (χ4n) is 2.72. The molecule has 0 fully saturated rings. The number of rotatable bonds is 5. The van der Waals surface area contributed by atoms with Crippen molar-refractivity contribution in [3.8, 4) is 10.6 Å². The lowest BCUT2D eigenvalue weighted by Crippen LogP contribution is -2.08. The van der Waals surface area contributed by atoms with Crippen LogP contribution in [0.4, 0.5) is 0 Å². The van der Waals surface area contributed by atoms with E-state index in [2.05, 4.69) is 15.2 Å². The predicted molar refractivity (Wildman–Crippen MR) is 99.4 cm³/mol. The molecule has 138 valence electrons. The molecule has 9 heteroatoms. The molecule has 4 rings (SSSR count). The highest BCUT2D eigenvalue weighted by Crippen LogP contribution is 2.29. The molecular weight excluding hydrogens is 366 g/mol. The molecular formula is C18H17N5O3S. The van der Waals surface area contributed by atoms with Crippen LogP contribution in [-0.4, -0.2) is 30.9 Å². The largest absolute Gasteiger partial charge is 0.452 e. The topological polar surface area (TPSA) is 95.9 Å². The van der Waals surface area contributed by atoms with Crippen LogP contribution in [0.2, 0.25) is 0 Å². The van der Waals surface area contributed by atoms with Gasteiger partial charge in [-0.05, 0) is 38.3 Å². The van der Waals surface area contributed by atoms with Crippen LogP contribution < -0.4 is 0 Å². The van der Waals surface area contributed by atoms with E-state index < -0.39 is 5.97 Å². The number of esters is 1. The Morgan fingerprint density at radius 1 is 1.37 bits per heavy atom. The van der Waals surface area contributed by atoms with Gasteiger partial charge in [-0.2, -0.15) is 10.1 Å². The number of aromatic nitrogens is 5. The van der Waals surface area contributed by atoms with Gasteiger partial charge in [0.05, 0.1) is 27.7 Å². The number of carbonyl (C=O) groups excluding carboxylic acids is 1. The second-order valence-electron chi connectivity index (χ2n) is 6.26. The predicted octanol–water partition coefficient (Wildman–Crippen LogP) is 3.79. The molecule has 0 aliphatic heterocycles. The summed E-state index contributed by atoms with van der Waals surface area (Å²) < 4.78 is 12.2. The van der Waals surface area contributed by atoms with Gasteiger partial charge in [0, 0.05) is 6.04 Å². The second-order valence-corrected chi connectivity index (χ2v) is 7.21. The van der Waals surface area contributed by atoms with Gasteiger partial charge in [0.2, 0.25) is 0 Å². The highest BCUT2D eigenvalue weighted by Gasteiger charge is 2.20. The molecule has 0 bridgehead atoms. The summed E-state index contributed by atoms with van der Waals surface area (Å²) in [7, 11) is 0. The Labute approximate surface area is 158 Å². The molecule has 0 aromatic carbocycles. The van der Waals surface area contributed by atoms with Crippen molar-refractivity contribution < 1.29 is 14.1 Å². The average Bonchev–Trinajstić information content (AvgIpc) is 3.38. The summed E-state index contributed by atoms with van der Waals surface area (Å²) in [5, 5.41) is 10.7. The summed E-state index contributed by atoms with van der Waals surface area (Å²) in [5.41, 5.74) is 1.77. The number of thiophene rings is 1. The minimum Gasteiger partial charge on any atom is -0.452 e. The third kappa shape index (κ3) is 3.33. The number of hydrogen-bond acceptors (Lipinski definition) is 8. The van der Waals surface area contributed by atoms with Crippen molar-refractivity contribution >= 4 is 28.3 Å². The summed E-state index contributed by atoms with van der Waals surface area (Å²) in [6.07, 6.45) is 1.65. The third-order valence-electron chi connectivity index (χ3n) is 3.95. The molecule has 4 aromatic rings.